The fraction of sp³-hybridized carbons (Fsp3) is 0.222. The molecule has 0 bridgehead atoms. The number of aromatic nitrogens is 2. The second kappa shape index (κ2) is 3.46. The lowest BCUT2D eigenvalue weighted by Gasteiger charge is -2.06. The zero-order valence-corrected chi connectivity index (χ0v) is 9.35. The Morgan fingerprint density at radius 2 is 2.00 bits per heavy atom. The molecule has 0 atom stereocenters. The van der Waals surface area contributed by atoms with Gasteiger partial charge < -0.3 is 4.98 Å². The van der Waals surface area contributed by atoms with Crippen molar-refractivity contribution in [3.05, 3.63) is 29.6 Å². The number of imidazole rings is 1. The van der Waals surface area contributed by atoms with E-state index in [0.29, 0.717) is 0 Å². The third-order valence-electron chi connectivity index (χ3n) is 2.22. The second-order valence-corrected chi connectivity index (χ2v) is 4.95. The van der Waals surface area contributed by atoms with E-state index in [2.05, 4.69) is 9.97 Å². The molecule has 2 aromatic rings. The van der Waals surface area contributed by atoms with Gasteiger partial charge in [0, 0.05) is 0 Å². The summed E-state index contributed by atoms with van der Waals surface area (Å²) in [6, 6.07) is 4.56. The Bertz CT molecular complexity index is 679. The number of aromatic amines is 1. The maximum Gasteiger partial charge on any atom is 0.430 e. The Balaban J connectivity index is 2.65. The Morgan fingerprint density at radius 1 is 1.35 bits per heavy atom. The molecule has 0 saturated heterocycles. The molecule has 0 unspecified atom stereocenters. The third kappa shape index (κ3) is 1.88. The van der Waals surface area contributed by atoms with Crippen LogP contribution in [-0.4, -0.2) is 18.4 Å². The van der Waals surface area contributed by atoms with Gasteiger partial charge in [0.25, 0.3) is 0 Å². The molecule has 8 heteroatoms. The summed E-state index contributed by atoms with van der Waals surface area (Å²) < 4.78 is 59.4. The van der Waals surface area contributed by atoms with E-state index in [1.54, 1.807) is 13.0 Å². The molecule has 0 aliphatic carbocycles. The van der Waals surface area contributed by atoms with Crippen LogP contribution in [-0.2, 0) is 15.5 Å². The van der Waals surface area contributed by atoms with Crippen molar-refractivity contribution in [3.8, 4) is 0 Å². The number of hydrogen-bond donors (Lipinski definition) is 1. The van der Waals surface area contributed by atoms with Gasteiger partial charge in [0.2, 0.25) is 0 Å². The first-order valence-electron chi connectivity index (χ1n) is 4.50. The summed E-state index contributed by atoms with van der Waals surface area (Å²) in [4.78, 5) is 5.47. The van der Waals surface area contributed by atoms with Crippen LogP contribution in [0.1, 0.15) is 11.4 Å². The van der Waals surface area contributed by atoms with Gasteiger partial charge in [-0.1, -0.05) is 9.95 Å². The summed E-state index contributed by atoms with van der Waals surface area (Å²) in [6.07, 6.45) is 0. The first-order chi connectivity index (χ1) is 7.72. The molecule has 0 amide bonds. The van der Waals surface area contributed by atoms with Crippen molar-refractivity contribution < 1.29 is 21.1 Å². The number of H-pyrrole nitrogens is 1. The summed E-state index contributed by atoms with van der Waals surface area (Å²) in [5.74, 6) is -1.22. The molecular weight excluding hydrogens is 257 g/mol. The van der Waals surface area contributed by atoms with E-state index in [9.17, 15) is 21.1 Å². The summed E-state index contributed by atoms with van der Waals surface area (Å²) in [5.41, 5.74) is 1.15. The zero-order chi connectivity index (χ0) is 12.8. The molecular formula is C9H7F3N2O2S. The molecule has 1 N–H and O–H groups in total. The number of alkyl halides is 2. The number of nitrogens with zero attached hydrogens (tertiary/aromatic N) is 1. The SMILES string of the molecule is Cc1ccc2nc(C(F)(F)S(=O)(=O)F)[nH]c2c1. The summed E-state index contributed by atoms with van der Waals surface area (Å²) in [7, 11) is -6.04. The molecule has 92 valence electrons. The third-order valence-corrected chi connectivity index (χ3v) is 3.03. The highest BCUT2D eigenvalue weighted by Gasteiger charge is 2.50. The minimum atomic E-state index is -6.04. The van der Waals surface area contributed by atoms with Crippen LogP contribution in [0.5, 0.6) is 0 Å². The molecule has 0 radical (unpaired) electrons. The number of aryl methyl sites for hydroxylation is 1. The monoisotopic (exact) mass is 264 g/mol. The van der Waals surface area contributed by atoms with Gasteiger partial charge in [-0.05, 0) is 24.6 Å². The molecule has 0 aliphatic heterocycles. The normalized spacial score (nSPS) is 13.2. The average molecular weight is 264 g/mol. The molecule has 17 heavy (non-hydrogen) atoms. The zero-order valence-electron chi connectivity index (χ0n) is 8.54. The van der Waals surface area contributed by atoms with E-state index in [-0.39, 0.29) is 11.0 Å². The summed E-state index contributed by atoms with van der Waals surface area (Å²) >= 11 is 0. The number of fused-ring (bicyclic) bond motifs is 1. The van der Waals surface area contributed by atoms with Gasteiger partial charge in [-0.25, -0.2) is 4.98 Å². The number of nitrogens with one attached hydrogen (secondary N) is 1. The summed E-state index contributed by atoms with van der Waals surface area (Å²) in [6.45, 7) is 1.73. The highest BCUT2D eigenvalue weighted by Crippen LogP contribution is 2.34. The molecule has 1 aromatic carbocycles. The van der Waals surface area contributed by atoms with Crippen molar-refractivity contribution in [1.82, 2.24) is 9.97 Å². The van der Waals surface area contributed by atoms with Crippen molar-refractivity contribution in [2.45, 2.75) is 12.2 Å². The van der Waals surface area contributed by atoms with E-state index in [0.717, 1.165) is 5.56 Å². The number of benzene rings is 1. The molecule has 1 aromatic heterocycles. The van der Waals surface area contributed by atoms with Crippen molar-refractivity contribution in [3.63, 3.8) is 0 Å². The minimum Gasteiger partial charge on any atom is -0.336 e. The molecule has 2 rings (SSSR count). The van der Waals surface area contributed by atoms with Gasteiger partial charge >= 0.3 is 15.5 Å². The first-order valence-corrected chi connectivity index (χ1v) is 5.89. The van der Waals surface area contributed by atoms with Gasteiger partial charge in [-0.2, -0.15) is 17.2 Å². The van der Waals surface area contributed by atoms with Gasteiger partial charge in [0.15, 0.2) is 5.82 Å². The van der Waals surface area contributed by atoms with Gasteiger partial charge in [0.1, 0.15) is 0 Å². The van der Waals surface area contributed by atoms with Crippen molar-refractivity contribution >= 4 is 21.3 Å². The van der Waals surface area contributed by atoms with E-state index < -0.39 is 21.3 Å². The lowest BCUT2D eigenvalue weighted by atomic mass is 10.2. The van der Waals surface area contributed by atoms with Crippen LogP contribution in [0.15, 0.2) is 18.2 Å². The van der Waals surface area contributed by atoms with Gasteiger partial charge in [0.05, 0.1) is 11.0 Å². The van der Waals surface area contributed by atoms with E-state index in [1.807, 2.05) is 0 Å². The van der Waals surface area contributed by atoms with Gasteiger partial charge in [-0.15, -0.1) is 0 Å². The van der Waals surface area contributed by atoms with E-state index in [4.69, 9.17) is 0 Å². The van der Waals surface area contributed by atoms with Crippen LogP contribution in [0.4, 0.5) is 12.7 Å². The van der Waals surface area contributed by atoms with Crippen LogP contribution in [0.2, 0.25) is 0 Å². The van der Waals surface area contributed by atoms with Crippen molar-refractivity contribution in [2.75, 3.05) is 0 Å². The largest absolute Gasteiger partial charge is 0.430 e. The fourth-order valence-corrected chi connectivity index (χ4v) is 1.70. The minimum absolute atomic E-state index is 0.147. The standard InChI is InChI=1S/C9H7F3N2O2S/c1-5-2-3-6-7(4-5)14-8(13-6)9(10,11)17(12,15)16/h2-4H,1H3,(H,13,14). The Morgan fingerprint density at radius 3 is 2.59 bits per heavy atom. The smallest absolute Gasteiger partial charge is 0.336 e. The molecule has 4 nitrogen and oxygen atoms in total. The van der Waals surface area contributed by atoms with E-state index >= 15 is 0 Å². The molecule has 1 heterocycles. The molecule has 0 saturated carbocycles. The quantitative estimate of drug-likeness (QED) is 0.846. The Hall–Kier alpha value is -1.57. The van der Waals surface area contributed by atoms with Crippen LogP contribution in [0.25, 0.3) is 11.0 Å². The molecule has 0 spiro atoms. The topological polar surface area (TPSA) is 62.8 Å². The van der Waals surface area contributed by atoms with Crippen LogP contribution in [0, 0.1) is 6.92 Å². The van der Waals surface area contributed by atoms with Crippen molar-refractivity contribution in [1.29, 1.82) is 0 Å². The molecule has 0 aliphatic rings. The highest BCUT2D eigenvalue weighted by molar-refractivity contribution is 7.87. The maximum absolute atomic E-state index is 13.1. The van der Waals surface area contributed by atoms with Crippen LogP contribution >= 0.6 is 0 Å². The predicted octanol–water partition coefficient (Wildman–Crippen LogP) is 2.22. The molecule has 0 fully saturated rings. The number of halogens is 3. The van der Waals surface area contributed by atoms with E-state index in [1.165, 1.54) is 12.1 Å². The second-order valence-electron chi connectivity index (χ2n) is 3.56. The van der Waals surface area contributed by atoms with Crippen LogP contribution < -0.4 is 0 Å². The summed E-state index contributed by atoms with van der Waals surface area (Å²) in [5, 5.41) is -4.67. The Kier molecular flexibility index (Phi) is 2.42. The maximum atomic E-state index is 13.1. The highest BCUT2D eigenvalue weighted by atomic mass is 32.3. The average Bonchev–Trinajstić information content (AvgIpc) is 2.58. The number of hydrogen-bond acceptors (Lipinski definition) is 3. The van der Waals surface area contributed by atoms with Crippen LogP contribution in [0.3, 0.4) is 0 Å². The fourth-order valence-electron chi connectivity index (χ4n) is 1.38. The van der Waals surface area contributed by atoms with Gasteiger partial charge in [-0.3, -0.25) is 0 Å². The predicted molar refractivity (Wildman–Crippen MR) is 54.8 cm³/mol. The Labute approximate surface area is 94.7 Å². The first kappa shape index (κ1) is 11.9. The lowest BCUT2D eigenvalue weighted by molar-refractivity contribution is 0.0755. The lowest BCUT2D eigenvalue weighted by Crippen LogP contribution is -2.23. The van der Waals surface area contributed by atoms with Crippen molar-refractivity contribution in [2.24, 2.45) is 0 Å². The number of rotatable bonds is 2.